The number of para-hydroxylation sites is 1. The molecule has 2 saturated heterocycles. The van der Waals surface area contributed by atoms with Crippen LogP contribution in [-0.2, 0) is 9.59 Å². The minimum Gasteiger partial charge on any atom is -0.359 e. The Balaban J connectivity index is 1.43. The van der Waals surface area contributed by atoms with Crippen LogP contribution in [0.2, 0.25) is 0 Å². The largest absolute Gasteiger partial charge is 0.359 e. The van der Waals surface area contributed by atoms with Gasteiger partial charge in [-0.25, -0.2) is 4.90 Å². The average Bonchev–Trinajstić information content (AvgIpc) is 3.40. The zero-order valence-corrected chi connectivity index (χ0v) is 21.1. The van der Waals surface area contributed by atoms with Crippen molar-refractivity contribution in [2.75, 3.05) is 4.90 Å². The van der Waals surface area contributed by atoms with Gasteiger partial charge < -0.3 is 4.90 Å². The highest BCUT2D eigenvalue weighted by Crippen LogP contribution is 2.47. The maximum absolute atomic E-state index is 13.8. The van der Waals surface area contributed by atoms with Crippen LogP contribution in [0.25, 0.3) is 0 Å². The van der Waals surface area contributed by atoms with Crippen LogP contribution in [0.15, 0.2) is 113 Å². The van der Waals surface area contributed by atoms with Gasteiger partial charge in [0.15, 0.2) is 11.6 Å². The van der Waals surface area contributed by atoms with Crippen molar-refractivity contribution in [2.45, 2.75) is 12.1 Å². The zero-order valence-electron chi connectivity index (χ0n) is 19.5. The number of Topliss-reactive ketones (excluding diaryl/α,β-unsaturated/α-hetero) is 2. The number of carbonyl (C=O) groups is 4. The molecular formula is C30H21BrN2O4. The lowest BCUT2D eigenvalue weighted by molar-refractivity contribution is -0.123. The summed E-state index contributed by atoms with van der Waals surface area (Å²) in [4.78, 5) is 57.6. The molecule has 37 heavy (non-hydrogen) atoms. The molecule has 0 aliphatic carbocycles. The van der Waals surface area contributed by atoms with Crippen molar-refractivity contribution < 1.29 is 19.2 Å². The molecule has 4 atom stereocenters. The molecule has 182 valence electrons. The van der Waals surface area contributed by atoms with E-state index in [1.165, 1.54) is 4.90 Å². The second kappa shape index (κ2) is 9.09. The van der Waals surface area contributed by atoms with Crippen molar-refractivity contribution in [3.8, 4) is 0 Å². The van der Waals surface area contributed by atoms with Crippen molar-refractivity contribution in [1.82, 2.24) is 4.90 Å². The number of allylic oxidation sites excluding steroid dienone is 2. The Labute approximate surface area is 222 Å². The summed E-state index contributed by atoms with van der Waals surface area (Å²) >= 11 is 3.39. The van der Waals surface area contributed by atoms with E-state index in [4.69, 9.17) is 0 Å². The van der Waals surface area contributed by atoms with Gasteiger partial charge in [-0.3, -0.25) is 19.2 Å². The number of nitrogens with zero attached hydrogens (tertiary/aromatic N) is 2. The fourth-order valence-corrected chi connectivity index (χ4v) is 5.83. The number of amides is 2. The van der Waals surface area contributed by atoms with Gasteiger partial charge >= 0.3 is 0 Å². The molecule has 3 aliphatic heterocycles. The van der Waals surface area contributed by atoms with Crippen LogP contribution in [0.3, 0.4) is 0 Å². The van der Waals surface area contributed by atoms with Gasteiger partial charge in [0.25, 0.3) is 0 Å². The van der Waals surface area contributed by atoms with Gasteiger partial charge in [0.2, 0.25) is 11.8 Å². The van der Waals surface area contributed by atoms with Crippen LogP contribution in [0, 0.1) is 11.8 Å². The lowest BCUT2D eigenvalue weighted by atomic mass is 9.85. The normalized spacial score (nSPS) is 24.1. The van der Waals surface area contributed by atoms with Crippen LogP contribution < -0.4 is 4.90 Å². The van der Waals surface area contributed by atoms with E-state index >= 15 is 0 Å². The van der Waals surface area contributed by atoms with E-state index in [-0.39, 0.29) is 17.5 Å². The number of carbonyl (C=O) groups excluding carboxylic acids is 4. The van der Waals surface area contributed by atoms with Gasteiger partial charge in [-0.15, -0.1) is 0 Å². The summed E-state index contributed by atoms with van der Waals surface area (Å²) in [6.07, 6.45) is 5.09. The predicted molar refractivity (Wildman–Crippen MR) is 142 cm³/mol. The SMILES string of the molecule is O=C(C1=C[C@H]2[C@H]3C(=O)N(c4ccccc4)C(=O)[C@@H]3[C@H](C(=O)c3ccc(Br)cc3)N2C=C1)c1ccccc1. The first-order valence-electron chi connectivity index (χ1n) is 12.0. The number of anilines is 1. The molecule has 3 aliphatic rings. The maximum Gasteiger partial charge on any atom is 0.240 e. The smallest absolute Gasteiger partial charge is 0.240 e. The van der Waals surface area contributed by atoms with Gasteiger partial charge in [-0.05, 0) is 30.3 Å². The molecule has 3 aromatic carbocycles. The molecule has 0 bridgehead atoms. The standard InChI is InChI=1S/C30H21BrN2O4/c31-21-13-11-19(12-14-21)28(35)26-25-24(29(36)33(30(25)37)22-9-5-2-6-10-22)23-17-20(15-16-32(23)26)27(34)18-7-3-1-4-8-18/h1-17,23-26H/t23-,24+,25-,26+/m0/s1. The summed E-state index contributed by atoms with van der Waals surface area (Å²) in [7, 11) is 0. The zero-order chi connectivity index (χ0) is 25.7. The Bertz CT molecular complexity index is 1480. The van der Waals surface area contributed by atoms with Crippen LogP contribution in [0.5, 0.6) is 0 Å². The van der Waals surface area contributed by atoms with Crippen molar-refractivity contribution in [3.63, 3.8) is 0 Å². The number of fused-ring (bicyclic) bond motifs is 3. The molecule has 7 heteroatoms. The first-order chi connectivity index (χ1) is 18.0. The molecule has 0 radical (unpaired) electrons. The molecule has 2 fully saturated rings. The predicted octanol–water partition coefficient (Wildman–Crippen LogP) is 4.83. The van der Waals surface area contributed by atoms with Crippen molar-refractivity contribution >= 4 is 45.0 Å². The van der Waals surface area contributed by atoms with Gasteiger partial charge in [0.05, 0.1) is 23.6 Å². The molecule has 3 aromatic rings. The monoisotopic (exact) mass is 552 g/mol. The molecule has 0 spiro atoms. The Morgan fingerprint density at radius 1 is 0.730 bits per heavy atom. The Kier molecular flexibility index (Phi) is 5.72. The van der Waals surface area contributed by atoms with E-state index in [0.29, 0.717) is 22.4 Å². The molecular weight excluding hydrogens is 532 g/mol. The molecule has 0 saturated carbocycles. The topological polar surface area (TPSA) is 74.8 Å². The third-order valence-corrected chi connectivity index (χ3v) is 7.79. The summed E-state index contributed by atoms with van der Waals surface area (Å²) in [6, 6.07) is 23.1. The number of benzene rings is 3. The van der Waals surface area contributed by atoms with Gasteiger partial charge in [-0.2, -0.15) is 0 Å². The molecule has 3 heterocycles. The molecule has 6 nitrogen and oxygen atoms in total. The molecule has 0 N–H and O–H groups in total. The van der Waals surface area contributed by atoms with Crippen molar-refractivity contribution in [1.29, 1.82) is 0 Å². The fourth-order valence-electron chi connectivity index (χ4n) is 5.57. The molecule has 2 amide bonds. The number of hydrogen-bond donors (Lipinski definition) is 0. The number of halogens is 1. The third kappa shape index (κ3) is 3.78. The van der Waals surface area contributed by atoms with E-state index in [0.717, 1.165) is 4.47 Å². The van der Waals surface area contributed by atoms with Crippen LogP contribution in [-0.4, -0.2) is 40.4 Å². The summed E-state index contributed by atoms with van der Waals surface area (Å²) in [5, 5.41) is 0. The second-order valence-electron chi connectivity index (χ2n) is 9.29. The first-order valence-corrected chi connectivity index (χ1v) is 12.7. The summed E-state index contributed by atoms with van der Waals surface area (Å²) in [5.74, 6) is -2.84. The highest BCUT2D eigenvalue weighted by atomic mass is 79.9. The fraction of sp³-hybridized carbons (Fsp3) is 0.133. The highest BCUT2D eigenvalue weighted by Gasteiger charge is 2.63. The molecule has 0 unspecified atom stereocenters. The van der Waals surface area contributed by atoms with Crippen molar-refractivity contribution in [3.05, 3.63) is 124 Å². The lowest BCUT2D eigenvalue weighted by Crippen LogP contribution is -2.46. The molecule has 0 aromatic heterocycles. The summed E-state index contributed by atoms with van der Waals surface area (Å²) < 4.78 is 0.832. The van der Waals surface area contributed by atoms with Crippen LogP contribution in [0.4, 0.5) is 5.69 Å². The number of imide groups is 1. The van der Waals surface area contributed by atoms with E-state index in [2.05, 4.69) is 15.9 Å². The van der Waals surface area contributed by atoms with Gasteiger partial charge in [0, 0.05) is 27.4 Å². The quantitative estimate of drug-likeness (QED) is 0.335. The van der Waals surface area contributed by atoms with E-state index < -0.39 is 29.8 Å². The Morgan fingerprint density at radius 3 is 2.03 bits per heavy atom. The number of hydrogen-bond acceptors (Lipinski definition) is 5. The summed E-state index contributed by atoms with van der Waals surface area (Å²) in [5.41, 5.74) is 1.89. The minimum atomic E-state index is -0.874. The van der Waals surface area contributed by atoms with E-state index in [1.807, 2.05) is 12.1 Å². The van der Waals surface area contributed by atoms with E-state index in [1.54, 1.807) is 96.0 Å². The average molecular weight is 553 g/mol. The lowest BCUT2D eigenvalue weighted by Gasteiger charge is -2.32. The van der Waals surface area contributed by atoms with Crippen LogP contribution in [0.1, 0.15) is 20.7 Å². The van der Waals surface area contributed by atoms with Gasteiger partial charge in [0.1, 0.15) is 6.04 Å². The number of ketones is 2. The van der Waals surface area contributed by atoms with Crippen molar-refractivity contribution in [2.24, 2.45) is 11.8 Å². The third-order valence-electron chi connectivity index (χ3n) is 7.26. The number of rotatable bonds is 5. The minimum absolute atomic E-state index is 0.174. The Hall–Kier alpha value is -4.10. The first kappa shape index (κ1) is 23.3. The maximum atomic E-state index is 13.8. The highest BCUT2D eigenvalue weighted by molar-refractivity contribution is 9.10. The second-order valence-corrected chi connectivity index (χ2v) is 10.2. The van der Waals surface area contributed by atoms with Crippen LogP contribution >= 0.6 is 15.9 Å². The van der Waals surface area contributed by atoms with Gasteiger partial charge in [-0.1, -0.05) is 82.7 Å². The summed E-state index contributed by atoms with van der Waals surface area (Å²) in [6.45, 7) is 0. The van der Waals surface area contributed by atoms with E-state index in [9.17, 15) is 19.2 Å². The molecule has 6 rings (SSSR count). The Morgan fingerprint density at radius 2 is 1.35 bits per heavy atom.